The summed E-state index contributed by atoms with van der Waals surface area (Å²) >= 11 is 1.72. The van der Waals surface area contributed by atoms with Crippen molar-refractivity contribution in [3.63, 3.8) is 0 Å². The molecule has 112 valence electrons. The minimum absolute atomic E-state index is 0.00211. The molecule has 0 bridgehead atoms. The second-order valence-electron chi connectivity index (χ2n) is 5.16. The van der Waals surface area contributed by atoms with Gasteiger partial charge in [0.05, 0.1) is 6.10 Å². The van der Waals surface area contributed by atoms with Gasteiger partial charge in [-0.15, -0.1) is 11.3 Å². The Labute approximate surface area is 129 Å². The van der Waals surface area contributed by atoms with Gasteiger partial charge in [0.1, 0.15) is 0 Å². The van der Waals surface area contributed by atoms with E-state index in [1.807, 2.05) is 42.6 Å². The summed E-state index contributed by atoms with van der Waals surface area (Å²) in [5.41, 5.74) is 1.99. The fraction of sp³-hybridized carbons (Fsp3) is 0.353. The molecule has 3 nitrogen and oxygen atoms in total. The van der Waals surface area contributed by atoms with Gasteiger partial charge in [0.25, 0.3) is 0 Å². The normalized spacial score (nSPS) is 12.1. The lowest BCUT2D eigenvalue weighted by Gasteiger charge is -2.12. The molecule has 0 aliphatic rings. The van der Waals surface area contributed by atoms with E-state index in [4.69, 9.17) is 0 Å². The number of nitrogens with one attached hydrogen (secondary N) is 1. The molecule has 1 atom stereocenters. The molecular formula is C17H21NO2S. The van der Waals surface area contributed by atoms with Crippen molar-refractivity contribution in [2.45, 2.75) is 32.3 Å². The highest BCUT2D eigenvalue weighted by atomic mass is 32.1. The fourth-order valence-corrected chi connectivity index (χ4v) is 2.83. The van der Waals surface area contributed by atoms with Gasteiger partial charge in [-0.05, 0) is 36.8 Å². The lowest BCUT2D eigenvalue weighted by molar-refractivity contribution is -0.121. The Balaban J connectivity index is 1.67. The zero-order valence-electron chi connectivity index (χ0n) is 12.2. The molecule has 1 heterocycles. The Hall–Kier alpha value is -1.65. The smallest absolute Gasteiger partial charge is 0.220 e. The number of carbonyl (C=O) groups excluding carboxylic acids is 1. The van der Waals surface area contributed by atoms with Crippen LogP contribution in [0.25, 0.3) is 0 Å². The molecule has 2 rings (SSSR count). The highest BCUT2D eigenvalue weighted by Gasteiger charge is 2.09. The number of rotatable bonds is 7. The maximum Gasteiger partial charge on any atom is 0.220 e. The zero-order chi connectivity index (χ0) is 15.1. The van der Waals surface area contributed by atoms with Crippen molar-refractivity contribution in [2.75, 3.05) is 6.54 Å². The van der Waals surface area contributed by atoms with Crippen LogP contribution in [0.1, 0.15) is 34.9 Å². The van der Waals surface area contributed by atoms with Crippen molar-refractivity contribution in [1.82, 2.24) is 5.32 Å². The standard InChI is InChI=1S/C17H21NO2S/c1-13-7-9-14(10-8-13)16(19)12-18-17(20)6-2-4-15-5-3-11-21-15/h3,5,7-11,16,19H,2,4,6,12H2,1H3,(H,18,20)/t16-/m0/s1. The first kappa shape index (κ1) is 15.7. The summed E-state index contributed by atoms with van der Waals surface area (Å²) in [6.07, 6.45) is 1.63. The molecule has 2 N–H and O–H groups in total. The van der Waals surface area contributed by atoms with Gasteiger partial charge in [-0.2, -0.15) is 0 Å². The van der Waals surface area contributed by atoms with E-state index in [0.717, 1.165) is 24.0 Å². The largest absolute Gasteiger partial charge is 0.387 e. The van der Waals surface area contributed by atoms with Crippen molar-refractivity contribution in [3.8, 4) is 0 Å². The van der Waals surface area contributed by atoms with E-state index in [2.05, 4.69) is 11.4 Å². The predicted molar refractivity (Wildman–Crippen MR) is 86.4 cm³/mol. The molecular weight excluding hydrogens is 282 g/mol. The van der Waals surface area contributed by atoms with E-state index < -0.39 is 6.10 Å². The topological polar surface area (TPSA) is 49.3 Å². The molecule has 0 fully saturated rings. The van der Waals surface area contributed by atoms with E-state index in [1.54, 1.807) is 11.3 Å². The number of aliphatic hydroxyl groups is 1. The number of amides is 1. The molecule has 0 aliphatic carbocycles. The van der Waals surface area contributed by atoms with Gasteiger partial charge in [0, 0.05) is 17.8 Å². The van der Waals surface area contributed by atoms with E-state index in [-0.39, 0.29) is 12.5 Å². The van der Waals surface area contributed by atoms with E-state index >= 15 is 0 Å². The van der Waals surface area contributed by atoms with Gasteiger partial charge >= 0.3 is 0 Å². The second kappa shape index (κ2) is 7.96. The van der Waals surface area contributed by atoms with Crippen molar-refractivity contribution < 1.29 is 9.90 Å². The summed E-state index contributed by atoms with van der Waals surface area (Å²) in [4.78, 5) is 13.1. The lowest BCUT2D eigenvalue weighted by atomic mass is 10.1. The van der Waals surface area contributed by atoms with Gasteiger partial charge in [-0.1, -0.05) is 35.9 Å². The Morgan fingerprint density at radius 2 is 2.05 bits per heavy atom. The third kappa shape index (κ3) is 5.33. The van der Waals surface area contributed by atoms with Gasteiger partial charge in [-0.25, -0.2) is 0 Å². The number of thiophene rings is 1. The molecule has 0 aliphatic heterocycles. The van der Waals surface area contributed by atoms with Gasteiger partial charge in [0.15, 0.2) is 0 Å². The number of aryl methyl sites for hydroxylation is 2. The van der Waals surface area contributed by atoms with Crippen LogP contribution < -0.4 is 5.32 Å². The molecule has 0 unspecified atom stereocenters. The predicted octanol–water partition coefficient (Wildman–Crippen LogP) is 3.23. The molecule has 2 aromatic rings. The Morgan fingerprint density at radius 3 is 2.71 bits per heavy atom. The third-order valence-electron chi connectivity index (χ3n) is 3.36. The second-order valence-corrected chi connectivity index (χ2v) is 6.20. The molecule has 1 amide bonds. The third-order valence-corrected chi connectivity index (χ3v) is 4.30. The number of carbonyl (C=O) groups is 1. The average molecular weight is 303 g/mol. The van der Waals surface area contributed by atoms with Crippen LogP contribution in [0.4, 0.5) is 0 Å². The summed E-state index contributed by atoms with van der Waals surface area (Å²) < 4.78 is 0. The molecule has 0 saturated heterocycles. The minimum Gasteiger partial charge on any atom is -0.387 e. The van der Waals surface area contributed by atoms with Crippen LogP contribution in [0.3, 0.4) is 0 Å². The summed E-state index contributed by atoms with van der Waals surface area (Å²) in [6.45, 7) is 2.27. The van der Waals surface area contributed by atoms with E-state index in [1.165, 1.54) is 4.88 Å². The van der Waals surface area contributed by atoms with Crippen molar-refractivity contribution in [3.05, 3.63) is 57.8 Å². The Bertz CT molecular complexity index is 549. The lowest BCUT2D eigenvalue weighted by Crippen LogP contribution is -2.28. The minimum atomic E-state index is -0.646. The van der Waals surface area contributed by atoms with E-state index in [9.17, 15) is 9.90 Å². The molecule has 21 heavy (non-hydrogen) atoms. The quantitative estimate of drug-likeness (QED) is 0.825. The first-order chi connectivity index (χ1) is 10.1. The maximum absolute atomic E-state index is 11.7. The first-order valence-electron chi connectivity index (χ1n) is 7.19. The van der Waals surface area contributed by atoms with E-state index in [0.29, 0.717) is 6.42 Å². The summed E-state index contributed by atoms with van der Waals surface area (Å²) in [7, 11) is 0. The van der Waals surface area contributed by atoms with Crippen LogP contribution in [0.2, 0.25) is 0 Å². The van der Waals surface area contributed by atoms with Crippen LogP contribution in [-0.2, 0) is 11.2 Å². The van der Waals surface area contributed by atoms with Crippen LogP contribution >= 0.6 is 11.3 Å². The summed E-state index contributed by atoms with van der Waals surface area (Å²) in [5.74, 6) is -0.00211. The van der Waals surface area contributed by atoms with Gasteiger partial charge < -0.3 is 10.4 Å². The highest BCUT2D eigenvalue weighted by molar-refractivity contribution is 7.09. The molecule has 0 spiro atoms. The average Bonchev–Trinajstić information content (AvgIpc) is 2.99. The molecule has 1 aromatic carbocycles. The highest BCUT2D eigenvalue weighted by Crippen LogP contribution is 2.13. The van der Waals surface area contributed by atoms with Crippen LogP contribution in [-0.4, -0.2) is 17.6 Å². The monoisotopic (exact) mass is 303 g/mol. The summed E-state index contributed by atoms with van der Waals surface area (Å²) in [5, 5.41) is 14.9. The summed E-state index contributed by atoms with van der Waals surface area (Å²) in [6, 6.07) is 11.8. The van der Waals surface area contributed by atoms with Crippen molar-refractivity contribution in [2.24, 2.45) is 0 Å². The number of hydrogen-bond donors (Lipinski definition) is 2. The van der Waals surface area contributed by atoms with Crippen LogP contribution in [0.5, 0.6) is 0 Å². The molecule has 0 saturated carbocycles. The number of aliphatic hydroxyl groups excluding tert-OH is 1. The Morgan fingerprint density at radius 1 is 1.29 bits per heavy atom. The van der Waals surface area contributed by atoms with Gasteiger partial charge in [0.2, 0.25) is 5.91 Å². The van der Waals surface area contributed by atoms with Crippen LogP contribution in [0, 0.1) is 6.92 Å². The van der Waals surface area contributed by atoms with Crippen molar-refractivity contribution >= 4 is 17.2 Å². The molecule has 4 heteroatoms. The number of benzene rings is 1. The fourth-order valence-electron chi connectivity index (χ4n) is 2.08. The molecule has 1 aromatic heterocycles. The van der Waals surface area contributed by atoms with Gasteiger partial charge in [-0.3, -0.25) is 4.79 Å². The molecule has 0 radical (unpaired) electrons. The van der Waals surface area contributed by atoms with Crippen LogP contribution in [0.15, 0.2) is 41.8 Å². The number of hydrogen-bond acceptors (Lipinski definition) is 3. The van der Waals surface area contributed by atoms with Crippen molar-refractivity contribution in [1.29, 1.82) is 0 Å². The SMILES string of the molecule is Cc1ccc([C@@H](O)CNC(=O)CCCc2cccs2)cc1. The zero-order valence-corrected chi connectivity index (χ0v) is 13.0. The Kier molecular flexibility index (Phi) is 5.96. The maximum atomic E-state index is 11.7. The first-order valence-corrected chi connectivity index (χ1v) is 8.07.